The molecule has 0 unspecified atom stereocenters. The lowest BCUT2D eigenvalue weighted by Gasteiger charge is -2.22. The molecule has 17 heavy (non-hydrogen) atoms. The molecule has 0 aromatic rings. The molecule has 0 aromatic carbocycles. The highest BCUT2D eigenvalue weighted by molar-refractivity contribution is 7.89. The molecule has 0 amide bonds. The Bertz CT molecular complexity index is 326. The van der Waals surface area contributed by atoms with Crippen LogP contribution in [0.4, 0.5) is 13.2 Å². The first-order valence-electron chi connectivity index (χ1n) is 5.22. The number of sulfonamides is 1. The lowest BCUT2D eigenvalue weighted by atomic mass is 9.95. The molecule has 0 heterocycles. The zero-order valence-corrected chi connectivity index (χ0v) is 10.8. The largest absolute Gasteiger partial charge is 0.389 e. The summed E-state index contributed by atoms with van der Waals surface area (Å²) in [4.78, 5) is 0. The maximum atomic E-state index is 11.8. The highest BCUT2D eigenvalue weighted by Crippen LogP contribution is 2.21. The van der Waals surface area contributed by atoms with Gasteiger partial charge in [-0.2, -0.15) is 13.2 Å². The van der Waals surface area contributed by atoms with Crippen molar-refractivity contribution in [3.63, 3.8) is 0 Å². The number of hydrogen-bond acceptors (Lipinski definition) is 3. The second-order valence-corrected chi connectivity index (χ2v) is 6.65. The van der Waals surface area contributed by atoms with Crippen molar-refractivity contribution in [2.75, 3.05) is 18.8 Å². The molecule has 0 saturated heterocycles. The van der Waals surface area contributed by atoms with Crippen LogP contribution in [0.25, 0.3) is 0 Å². The second-order valence-electron chi connectivity index (χ2n) is 4.73. The van der Waals surface area contributed by atoms with Crippen molar-refractivity contribution in [3.8, 4) is 0 Å². The van der Waals surface area contributed by atoms with Crippen LogP contribution in [0.3, 0.4) is 0 Å². The average Bonchev–Trinajstić information content (AvgIpc) is 2.13. The lowest BCUT2D eigenvalue weighted by molar-refractivity contribution is -0.134. The molecule has 0 saturated carbocycles. The van der Waals surface area contributed by atoms with Crippen molar-refractivity contribution < 1.29 is 21.6 Å². The van der Waals surface area contributed by atoms with E-state index in [1.165, 1.54) is 0 Å². The summed E-state index contributed by atoms with van der Waals surface area (Å²) in [7, 11) is -3.65. The van der Waals surface area contributed by atoms with Gasteiger partial charge in [0.05, 0.1) is 5.75 Å². The molecule has 0 aromatic heterocycles. The SMILES string of the molecule is CC(C)(CN)CNS(=O)(=O)CCCC(F)(F)F. The summed E-state index contributed by atoms with van der Waals surface area (Å²) in [6, 6.07) is 0. The molecule has 3 N–H and O–H groups in total. The predicted molar refractivity (Wildman–Crippen MR) is 59.9 cm³/mol. The molecule has 0 fully saturated rings. The van der Waals surface area contributed by atoms with Crippen LogP contribution in [0.2, 0.25) is 0 Å². The highest BCUT2D eigenvalue weighted by atomic mass is 32.2. The van der Waals surface area contributed by atoms with Crippen molar-refractivity contribution in [2.45, 2.75) is 32.9 Å². The molecule has 0 rings (SSSR count). The minimum atomic E-state index is -4.31. The van der Waals surface area contributed by atoms with Crippen LogP contribution in [0.15, 0.2) is 0 Å². The smallest absolute Gasteiger partial charge is 0.330 e. The Morgan fingerprint density at radius 2 is 1.76 bits per heavy atom. The second kappa shape index (κ2) is 6.01. The molecule has 0 aliphatic carbocycles. The van der Waals surface area contributed by atoms with Gasteiger partial charge in [-0.15, -0.1) is 0 Å². The van der Waals surface area contributed by atoms with Gasteiger partial charge in [0.25, 0.3) is 0 Å². The third kappa shape index (κ3) is 9.37. The van der Waals surface area contributed by atoms with Crippen LogP contribution in [-0.4, -0.2) is 33.4 Å². The molecule has 0 aliphatic rings. The van der Waals surface area contributed by atoms with E-state index in [-0.39, 0.29) is 13.1 Å². The van der Waals surface area contributed by atoms with Crippen molar-refractivity contribution in [1.82, 2.24) is 4.72 Å². The third-order valence-electron chi connectivity index (χ3n) is 2.20. The predicted octanol–water partition coefficient (Wildman–Crippen LogP) is 1.23. The molecule has 0 spiro atoms. The monoisotopic (exact) mass is 276 g/mol. The Balaban J connectivity index is 4.06. The summed E-state index contributed by atoms with van der Waals surface area (Å²) < 4.78 is 60.5. The number of nitrogens with two attached hydrogens (primary N) is 1. The average molecular weight is 276 g/mol. The fourth-order valence-corrected chi connectivity index (χ4v) is 2.19. The van der Waals surface area contributed by atoms with Gasteiger partial charge < -0.3 is 5.73 Å². The van der Waals surface area contributed by atoms with Crippen molar-refractivity contribution in [1.29, 1.82) is 0 Å². The van der Waals surface area contributed by atoms with E-state index in [2.05, 4.69) is 4.72 Å². The number of nitrogens with one attached hydrogen (secondary N) is 1. The minimum Gasteiger partial charge on any atom is -0.330 e. The first-order chi connectivity index (χ1) is 7.47. The third-order valence-corrected chi connectivity index (χ3v) is 3.61. The summed E-state index contributed by atoms with van der Waals surface area (Å²) in [6.45, 7) is 3.95. The Labute approximate surface area is 99.8 Å². The highest BCUT2D eigenvalue weighted by Gasteiger charge is 2.27. The molecule has 0 radical (unpaired) electrons. The standard InChI is InChI=1S/C9H19F3N2O2S/c1-8(2,6-13)7-14-17(15,16)5-3-4-9(10,11)12/h14H,3-7,13H2,1-2H3. The van der Waals surface area contributed by atoms with Gasteiger partial charge in [-0.3, -0.25) is 0 Å². The van der Waals surface area contributed by atoms with Crippen molar-refractivity contribution in [2.24, 2.45) is 11.1 Å². The Hall–Kier alpha value is -0.340. The van der Waals surface area contributed by atoms with Gasteiger partial charge in [0.1, 0.15) is 0 Å². The Morgan fingerprint density at radius 1 is 1.24 bits per heavy atom. The van der Waals surface area contributed by atoms with E-state index in [0.717, 1.165) is 0 Å². The molecular weight excluding hydrogens is 257 g/mol. The fourth-order valence-electron chi connectivity index (χ4n) is 0.912. The van der Waals surface area contributed by atoms with Gasteiger partial charge in [0.2, 0.25) is 10.0 Å². The van der Waals surface area contributed by atoms with Crippen molar-refractivity contribution >= 4 is 10.0 Å². The van der Waals surface area contributed by atoms with E-state index in [1.54, 1.807) is 13.8 Å². The Morgan fingerprint density at radius 3 is 2.18 bits per heavy atom. The topological polar surface area (TPSA) is 72.2 Å². The van der Waals surface area contributed by atoms with Crippen LogP contribution in [0, 0.1) is 5.41 Å². The lowest BCUT2D eigenvalue weighted by Crippen LogP contribution is -2.39. The van der Waals surface area contributed by atoms with Crippen LogP contribution < -0.4 is 10.5 Å². The molecule has 104 valence electrons. The van der Waals surface area contributed by atoms with E-state index in [0.29, 0.717) is 0 Å². The van der Waals surface area contributed by atoms with Crippen molar-refractivity contribution in [3.05, 3.63) is 0 Å². The molecule has 0 bridgehead atoms. The van der Waals surface area contributed by atoms with E-state index < -0.39 is 40.2 Å². The summed E-state index contributed by atoms with van der Waals surface area (Å²) >= 11 is 0. The molecule has 0 aliphatic heterocycles. The van der Waals surface area contributed by atoms with Crippen LogP contribution in [0.1, 0.15) is 26.7 Å². The van der Waals surface area contributed by atoms with E-state index in [1.807, 2.05) is 0 Å². The first-order valence-corrected chi connectivity index (χ1v) is 6.87. The maximum absolute atomic E-state index is 11.8. The van der Waals surface area contributed by atoms with Gasteiger partial charge in [0, 0.05) is 13.0 Å². The van der Waals surface area contributed by atoms with Crippen LogP contribution in [-0.2, 0) is 10.0 Å². The summed E-state index contributed by atoms with van der Waals surface area (Å²) in [6.07, 6.45) is -5.83. The summed E-state index contributed by atoms with van der Waals surface area (Å²) in [5.74, 6) is -0.521. The van der Waals surface area contributed by atoms with Gasteiger partial charge in [-0.05, 0) is 18.4 Å². The minimum absolute atomic E-state index is 0.123. The number of alkyl halides is 3. The Kier molecular flexibility index (Phi) is 5.89. The van der Waals surface area contributed by atoms with Gasteiger partial charge >= 0.3 is 6.18 Å². The first kappa shape index (κ1) is 16.7. The molecular formula is C9H19F3N2O2S. The van der Waals surface area contributed by atoms with E-state index in [9.17, 15) is 21.6 Å². The molecule has 4 nitrogen and oxygen atoms in total. The summed E-state index contributed by atoms with van der Waals surface area (Å²) in [5.41, 5.74) is 5.00. The maximum Gasteiger partial charge on any atom is 0.389 e. The summed E-state index contributed by atoms with van der Waals surface area (Å²) in [5, 5.41) is 0. The zero-order chi connectivity index (χ0) is 13.7. The van der Waals surface area contributed by atoms with Gasteiger partial charge in [-0.1, -0.05) is 13.8 Å². The number of hydrogen-bond donors (Lipinski definition) is 2. The molecule has 0 atom stereocenters. The number of halogens is 3. The van der Waals surface area contributed by atoms with Crippen LogP contribution in [0.5, 0.6) is 0 Å². The van der Waals surface area contributed by atoms with Crippen LogP contribution >= 0.6 is 0 Å². The van der Waals surface area contributed by atoms with E-state index >= 15 is 0 Å². The van der Waals surface area contributed by atoms with E-state index in [4.69, 9.17) is 5.73 Å². The van der Waals surface area contributed by atoms with Gasteiger partial charge in [-0.25, -0.2) is 13.1 Å². The zero-order valence-electron chi connectivity index (χ0n) is 9.97. The normalized spacial score (nSPS) is 14.0. The quantitative estimate of drug-likeness (QED) is 0.734. The van der Waals surface area contributed by atoms with Gasteiger partial charge in [0.15, 0.2) is 0 Å². The fraction of sp³-hybridized carbons (Fsp3) is 1.00. The molecule has 8 heteroatoms. The number of rotatable bonds is 7.